The van der Waals surface area contributed by atoms with E-state index < -0.39 is 0 Å². The third-order valence-corrected chi connectivity index (χ3v) is 12.5. The van der Waals surface area contributed by atoms with Crippen molar-refractivity contribution in [3.8, 4) is 33.4 Å². The minimum atomic E-state index is -0.141. The molecule has 0 aliphatic heterocycles. The number of furan rings is 1. The van der Waals surface area contributed by atoms with Crippen LogP contribution in [0.4, 0.5) is 17.1 Å². The van der Waals surface area contributed by atoms with E-state index in [1.807, 2.05) is 0 Å². The summed E-state index contributed by atoms with van der Waals surface area (Å²) in [5, 5.41) is 4.68. The Kier molecular flexibility index (Phi) is 6.39. The quantitative estimate of drug-likeness (QED) is 0.182. The highest BCUT2D eigenvalue weighted by molar-refractivity contribution is 6.19. The molecule has 0 spiro atoms. The molecule has 0 amide bonds. The molecule has 11 rings (SSSR count). The smallest absolute Gasteiger partial charge is 0.136 e. The number of hydrogen-bond donors (Lipinski definition) is 0. The molecule has 0 unspecified atom stereocenters. The van der Waals surface area contributed by atoms with Crippen LogP contribution < -0.4 is 4.90 Å². The van der Waals surface area contributed by atoms with Crippen LogP contribution in [0.2, 0.25) is 0 Å². The van der Waals surface area contributed by atoms with E-state index in [0.29, 0.717) is 0 Å². The topological polar surface area (TPSA) is 16.4 Å². The molecule has 9 aromatic rings. The first kappa shape index (κ1) is 31.2. The molecule has 0 N–H and O–H groups in total. The van der Waals surface area contributed by atoms with Crippen molar-refractivity contribution >= 4 is 49.8 Å². The van der Waals surface area contributed by atoms with Crippen molar-refractivity contribution < 1.29 is 4.42 Å². The van der Waals surface area contributed by atoms with Gasteiger partial charge in [-0.05, 0) is 103 Å². The molecule has 0 atom stereocenters. The van der Waals surface area contributed by atoms with Gasteiger partial charge in [-0.3, -0.25) is 0 Å². The summed E-state index contributed by atoms with van der Waals surface area (Å²) < 4.78 is 6.60. The largest absolute Gasteiger partial charge is 0.456 e. The second-order valence-electron chi connectivity index (χ2n) is 16.1. The average Bonchev–Trinajstić information content (AvgIpc) is 3.78. The molecule has 2 aliphatic carbocycles. The summed E-state index contributed by atoms with van der Waals surface area (Å²) in [4.78, 5) is 2.51. The van der Waals surface area contributed by atoms with E-state index in [1.54, 1.807) is 0 Å². The number of anilines is 3. The predicted molar refractivity (Wildman–Crippen MR) is 226 cm³/mol. The second kappa shape index (κ2) is 11.1. The molecule has 2 nitrogen and oxygen atoms in total. The molecule has 54 heavy (non-hydrogen) atoms. The van der Waals surface area contributed by atoms with Gasteiger partial charge in [0.25, 0.3) is 0 Å². The van der Waals surface area contributed by atoms with Crippen LogP contribution in [0.15, 0.2) is 168 Å². The zero-order valence-corrected chi connectivity index (χ0v) is 30.9. The molecule has 258 valence electrons. The highest BCUT2D eigenvalue weighted by atomic mass is 16.3. The lowest BCUT2D eigenvalue weighted by molar-refractivity contribution is 0.660. The van der Waals surface area contributed by atoms with Gasteiger partial charge in [0.1, 0.15) is 11.2 Å². The van der Waals surface area contributed by atoms with Crippen LogP contribution in [0.5, 0.6) is 0 Å². The van der Waals surface area contributed by atoms with Crippen LogP contribution >= 0.6 is 0 Å². The maximum atomic E-state index is 6.60. The van der Waals surface area contributed by atoms with Gasteiger partial charge in [0.15, 0.2) is 0 Å². The summed E-state index contributed by atoms with van der Waals surface area (Å²) >= 11 is 0. The van der Waals surface area contributed by atoms with Crippen molar-refractivity contribution in [1.29, 1.82) is 0 Å². The van der Waals surface area contributed by atoms with Gasteiger partial charge in [0.05, 0.1) is 5.69 Å². The standard InChI is InChI=1S/C52H39NO/c1-51(2)42-21-10-7-17-36(42)38-26-24-33(30-44(38)51)53(34-25-27-39-37-18-8-11-22-43(37)52(3,4)45(39)31-34)46-28-29-48-50(41-19-9-12-23-47(41)54-48)49(46)40-20-13-15-32-14-5-6-16-35(32)40/h5-31H,1-4H3. The first-order chi connectivity index (χ1) is 26.3. The third kappa shape index (κ3) is 4.23. The first-order valence-electron chi connectivity index (χ1n) is 19.0. The number of fused-ring (bicyclic) bond motifs is 10. The normalized spacial score (nSPS) is 14.6. The van der Waals surface area contributed by atoms with Crippen LogP contribution in [-0.4, -0.2) is 0 Å². The maximum absolute atomic E-state index is 6.60. The van der Waals surface area contributed by atoms with Gasteiger partial charge >= 0.3 is 0 Å². The molecule has 1 heterocycles. The average molecular weight is 694 g/mol. The van der Waals surface area contributed by atoms with Gasteiger partial charge in [-0.2, -0.15) is 0 Å². The van der Waals surface area contributed by atoms with Crippen molar-refractivity contribution in [1.82, 2.24) is 0 Å². The lowest BCUT2D eigenvalue weighted by Crippen LogP contribution is -2.18. The van der Waals surface area contributed by atoms with Gasteiger partial charge in [0, 0.05) is 38.5 Å². The van der Waals surface area contributed by atoms with Gasteiger partial charge in [0.2, 0.25) is 0 Å². The maximum Gasteiger partial charge on any atom is 0.136 e. The van der Waals surface area contributed by atoms with Gasteiger partial charge in [-0.1, -0.05) is 149 Å². The minimum Gasteiger partial charge on any atom is -0.456 e. The van der Waals surface area contributed by atoms with E-state index in [0.717, 1.165) is 39.0 Å². The predicted octanol–water partition coefficient (Wildman–Crippen LogP) is 14.5. The molecular formula is C52H39NO. The molecular weight excluding hydrogens is 655 g/mol. The second-order valence-corrected chi connectivity index (χ2v) is 16.1. The van der Waals surface area contributed by atoms with Gasteiger partial charge < -0.3 is 9.32 Å². The van der Waals surface area contributed by atoms with Crippen molar-refractivity contribution in [3.63, 3.8) is 0 Å². The highest BCUT2D eigenvalue weighted by Crippen LogP contribution is 2.55. The van der Waals surface area contributed by atoms with Crippen LogP contribution in [0, 0.1) is 0 Å². The molecule has 1 aromatic heterocycles. The summed E-state index contributed by atoms with van der Waals surface area (Å²) in [5.41, 5.74) is 18.0. The van der Waals surface area contributed by atoms with Gasteiger partial charge in [-0.15, -0.1) is 0 Å². The van der Waals surface area contributed by atoms with Crippen LogP contribution in [0.3, 0.4) is 0 Å². The van der Waals surface area contributed by atoms with Crippen LogP contribution in [0.1, 0.15) is 49.9 Å². The molecule has 8 aromatic carbocycles. The van der Waals surface area contributed by atoms with E-state index in [1.165, 1.54) is 66.4 Å². The lowest BCUT2D eigenvalue weighted by Gasteiger charge is -2.31. The first-order valence-corrected chi connectivity index (χ1v) is 19.0. The summed E-state index contributed by atoms with van der Waals surface area (Å²) in [7, 11) is 0. The fourth-order valence-electron chi connectivity index (χ4n) is 9.80. The molecule has 2 heteroatoms. The third-order valence-electron chi connectivity index (χ3n) is 12.5. The number of benzene rings is 8. The van der Waals surface area contributed by atoms with E-state index in [9.17, 15) is 0 Å². The van der Waals surface area contributed by atoms with Crippen LogP contribution in [0.25, 0.3) is 66.1 Å². The fourth-order valence-corrected chi connectivity index (χ4v) is 9.80. The lowest BCUT2D eigenvalue weighted by atomic mass is 9.82. The summed E-state index contributed by atoms with van der Waals surface area (Å²) in [6.07, 6.45) is 0. The molecule has 0 radical (unpaired) electrons. The minimum absolute atomic E-state index is 0.141. The Morgan fingerprint density at radius 3 is 1.59 bits per heavy atom. The van der Waals surface area contributed by atoms with E-state index in [2.05, 4.69) is 196 Å². The van der Waals surface area contributed by atoms with E-state index >= 15 is 0 Å². The van der Waals surface area contributed by atoms with E-state index in [4.69, 9.17) is 4.42 Å². The van der Waals surface area contributed by atoms with Gasteiger partial charge in [-0.25, -0.2) is 0 Å². The van der Waals surface area contributed by atoms with E-state index in [-0.39, 0.29) is 10.8 Å². The number of hydrogen-bond acceptors (Lipinski definition) is 2. The van der Waals surface area contributed by atoms with Crippen molar-refractivity contribution in [2.75, 3.05) is 4.90 Å². The number of nitrogens with zero attached hydrogens (tertiary/aromatic N) is 1. The van der Waals surface area contributed by atoms with Crippen molar-refractivity contribution in [2.45, 2.75) is 38.5 Å². The zero-order chi connectivity index (χ0) is 36.3. The Bertz CT molecular complexity index is 2900. The SMILES string of the molecule is CC1(C)c2ccccc2-c2ccc(N(c3ccc4c(c3)C(C)(C)c3ccccc3-4)c3ccc4oc5ccccc5c4c3-c3cccc4ccccc34)cc21. The molecule has 0 saturated heterocycles. The molecule has 0 saturated carbocycles. The van der Waals surface area contributed by atoms with Crippen molar-refractivity contribution in [2.24, 2.45) is 0 Å². The summed E-state index contributed by atoms with van der Waals surface area (Å²) in [5.74, 6) is 0. The Hall–Kier alpha value is -6.38. The Labute approximate surface area is 315 Å². The van der Waals surface area contributed by atoms with Crippen LogP contribution in [-0.2, 0) is 10.8 Å². The zero-order valence-electron chi connectivity index (χ0n) is 30.9. The summed E-state index contributed by atoms with van der Waals surface area (Å²) in [6, 6.07) is 60.4. The molecule has 0 fully saturated rings. The van der Waals surface area contributed by atoms with Crippen molar-refractivity contribution in [3.05, 3.63) is 186 Å². The Balaban J connectivity index is 1.24. The Morgan fingerprint density at radius 2 is 0.926 bits per heavy atom. The molecule has 0 bridgehead atoms. The number of para-hydroxylation sites is 1. The monoisotopic (exact) mass is 693 g/mol. The Morgan fingerprint density at radius 1 is 0.407 bits per heavy atom. The molecule has 2 aliphatic rings. The summed E-state index contributed by atoms with van der Waals surface area (Å²) in [6.45, 7) is 9.47. The highest BCUT2D eigenvalue weighted by Gasteiger charge is 2.38. The number of rotatable bonds is 4. The fraction of sp³-hybridized carbons (Fsp3) is 0.115.